The van der Waals surface area contributed by atoms with Gasteiger partial charge in [-0.15, -0.1) is 0 Å². The third-order valence-electron chi connectivity index (χ3n) is 3.96. The van der Waals surface area contributed by atoms with Crippen molar-refractivity contribution < 1.29 is 4.79 Å². The highest BCUT2D eigenvalue weighted by molar-refractivity contribution is 5.91. The minimum atomic E-state index is 0.0242. The molecule has 1 heterocycles. The molecule has 0 aliphatic heterocycles. The van der Waals surface area contributed by atoms with Crippen LogP contribution in [0.1, 0.15) is 23.1 Å². The summed E-state index contributed by atoms with van der Waals surface area (Å²) in [6, 6.07) is 16.0. The van der Waals surface area contributed by atoms with Crippen LogP contribution in [0.3, 0.4) is 0 Å². The highest BCUT2D eigenvalue weighted by Gasteiger charge is 2.07. The zero-order chi connectivity index (χ0) is 16.9. The molecule has 122 valence electrons. The van der Waals surface area contributed by atoms with E-state index in [9.17, 15) is 4.79 Å². The summed E-state index contributed by atoms with van der Waals surface area (Å²) in [5.74, 6) is 0.0242. The Bertz CT molecular complexity index is 837. The number of aromatic nitrogens is 2. The first-order valence-corrected chi connectivity index (χ1v) is 8.08. The summed E-state index contributed by atoms with van der Waals surface area (Å²) in [4.78, 5) is 12.2. The zero-order valence-corrected chi connectivity index (χ0v) is 14.0. The van der Waals surface area contributed by atoms with Crippen LogP contribution in [-0.2, 0) is 11.2 Å². The van der Waals surface area contributed by atoms with Crippen LogP contribution < -0.4 is 5.32 Å². The second kappa shape index (κ2) is 7.13. The summed E-state index contributed by atoms with van der Waals surface area (Å²) in [5, 5.41) is 7.35. The van der Waals surface area contributed by atoms with Gasteiger partial charge in [-0.3, -0.25) is 4.79 Å². The predicted octanol–water partition coefficient (Wildman–Crippen LogP) is 4.06. The molecule has 0 radical (unpaired) electrons. The summed E-state index contributed by atoms with van der Waals surface area (Å²) in [7, 11) is 0. The van der Waals surface area contributed by atoms with Gasteiger partial charge in [0.15, 0.2) is 0 Å². The maximum Gasteiger partial charge on any atom is 0.224 e. The van der Waals surface area contributed by atoms with Gasteiger partial charge in [0.2, 0.25) is 5.91 Å². The lowest BCUT2D eigenvalue weighted by molar-refractivity contribution is -0.116. The monoisotopic (exact) mass is 319 g/mol. The second-order valence-corrected chi connectivity index (χ2v) is 6.00. The van der Waals surface area contributed by atoms with E-state index in [1.165, 1.54) is 0 Å². The van der Waals surface area contributed by atoms with Crippen LogP contribution in [0.15, 0.2) is 60.9 Å². The molecule has 3 rings (SSSR count). The standard InChI is InChI=1S/C20H21N3O/c1-15-8-9-16(2)19(12-15)22-20(24)11-10-17-13-21-23(14-17)18-6-4-3-5-7-18/h3-9,12-14H,10-11H2,1-2H3,(H,22,24). The Labute approximate surface area is 142 Å². The fraction of sp³-hybridized carbons (Fsp3) is 0.200. The molecule has 1 aromatic heterocycles. The van der Waals surface area contributed by atoms with E-state index in [-0.39, 0.29) is 5.91 Å². The van der Waals surface area contributed by atoms with E-state index in [0.29, 0.717) is 12.8 Å². The molecule has 0 unspecified atom stereocenters. The molecule has 1 N–H and O–H groups in total. The Morgan fingerprint density at radius 3 is 2.71 bits per heavy atom. The van der Waals surface area contributed by atoms with Gasteiger partial charge in [0.05, 0.1) is 11.9 Å². The van der Waals surface area contributed by atoms with Crippen LogP contribution in [0, 0.1) is 13.8 Å². The molecule has 0 saturated carbocycles. The van der Waals surface area contributed by atoms with Crippen molar-refractivity contribution in [1.82, 2.24) is 9.78 Å². The lowest BCUT2D eigenvalue weighted by Gasteiger charge is -2.09. The maximum atomic E-state index is 12.2. The average Bonchev–Trinajstić information content (AvgIpc) is 3.06. The Morgan fingerprint density at radius 1 is 1.12 bits per heavy atom. The quantitative estimate of drug-likeness (QED) is 0.771. The second-order valence-electron chi connectivity index (χ2n) is 6.00. The Morgan fingerprint density at radius 2 is 1.92 bits per heavy atom. The van der Waals surface area contributed by atoms with E-state index < -0.39 is 0 Å². The largest absolute Gasteiger partial charge is 0.326 e. The minimum Gasteiger partial charge on any atom is -0.326 e. The fourth-order valence-corrected chi connectivity index (χ4v) is 2.55. The van der Waals surface area contributed by atoms with Crippen molar-refractivity contribution in [3.8, 4) is 5.69 Å². The average molecular weight is 319 g/mol. The summed E-state index contributed by atoms with van der Waals surface area (Å²) in [5.41, 5.74) is 5.17. The summed E-state index contributed by atoms with van der Waals surface area (Å²) in [6.07, 6.45) is 4.90. The summed E-state index contributed by atoms with van der Waals surface area (Å²) >= 11 is 0. The van der Waals surface area contributed by atoms with Crippen molar-refractivity contribution in [2.75, 3.05) is 5.32 Å². The molecule has 0 spiro atoms. The third-order valence-corrected chi connectivity index (χ3v) is 3.96. The normalized spacial score (nSPS) is 10.6. The number of para-hydroxylation sites is 1. The van der Waals surface area contributed by atoms with E-state index in [1.807, 2.05) is 79.5 Å². The van der Waals surface area contributed by atoms with Crippen molar-refractivity contribution in [3.05, 3.63) is 77.6 Å². The van der Waals surface area contributed by atoms with Crippen molar-refractivity contribution in [3.63, 3.8) is 0 Å². The highest BCUT2D eigenvalue weighted by Crippen LogP contribution is 2.17. The molecule has 0 aliphatic carbocycles. The summed E-state index contributed by atoms with van der Waals surface area (Å²) in [6.45, 7) is 4.02. The van der Waals surface area contributed by atoms with Crippen LogP contribution in [0.4, 0.5) is 5.69 Å². The first-order chi connectivity index (χ1) is 11.6. The van der Waals surface area contributed by atoms with Gasteiger partial charge in [-0.05, 0) is 55.2 Å². The fourth-order valence-electron chi connectivity index (χ4n) is 2.55. The Hall–Kier alpha value is -2.88. The van der Waals surface area contributed by atoms with Crippen molar-refractivity contribution in [2.45, 2.75) is 26.7 Å². The van der Waals surface area contributed by atoms with Gasteiger partial charge in [-0.25, -0.2) is 4.68 Å². The highest BCUT2D eigenvalue weighted by atomic mass is 16.1. The number of hydrogen-bond acceptors (Lipinski definition) is 2. The number of nitrogens with one attached hydrogen (secondary N) is 1. The zero-order valence-electron chi connectivity index (χ0n) is 14.0. The van der Waals surface area contributed by atoms with E-state index in [4.69, 9.17) is 0 Å². The van der Waals surface area contributed by atoms with Gasteiger partial charge >= 0.3 is 0 Å². The molecule has 0 saturated heterocycles. The summed E-state index contributed by atoms with van der Waals surface area (Å²) < 4.78 is 1.83. The van der Waals surface area contributed by atoms with E-state index >= 15 is 0 Å². The number of hydrogen-bond donors (Lipinski definition) is 1. The molecule has 0 fully saturated rings. The number of aryl methyl sites for hydroxylation is 3. The number of anilines is 1. The van der Waals surface area contributed by atoms with E-state index in [2.05, 4.69) is 10.4 Å². The number of rotatable bonds is 5. The minimum absolute atomic E-state index is 0.0242. The molecule has 3 aromatic rings. The number of amides is 1. The van der Waals surface area contributed by atoms with Gasteiger partial charge < -0.3 is 5.32 Å². The SMILES string of the molecule is Cc1ccc(C)c(NC(=O)CCc2cnn(-c3ccccc3)c2)c1. The van der Waals surface area contributed by atoms with Gasteiger partial charge in [0.25, 0.3) is 0 Å². The Balaban J connectivity index is 1.59. The Kier molecular flexibility index (Phi) is 4.75. The third kappa shape index (κ3) is 3.90. The van der Waals surface area contributed by atoms with Crippen molar-refractivity contribution >= 4 is 11.6 Å². The molecule has 0 atom stereocenters. The van der Waals surface area contributed by atoms with Gasteiger partial charge in [0.1, 0.15) is 0 Å². The molecule has 0 aliphatic rings. The molecule has 24 heavy (non-hydrogen) atoms. The molecular weight excluding hydrogens is 298 g/mol. The van der Waals surface area contributed by atoms with Crippen molar-refractivity contribution in [1.29, 1.82) is 0 Å². The lowest BCUT2D eigenvalue weighted by atomic mass is 10.1. The molecule has 0 bridgehead atoms. The van der Waals surface area contributed by atoms with Crippen LogP contribution in [0.25, 0.3) is 5.69 Å². The van der Waals surface area contributed by atoms with Crippen LogP contribution in [0.2, 0.25) is 0 Å². The van der Waals surface area contributed by atoms with Gasteiger partial charge in [-0.1, -0.05) is 30.3 Å². The topological polar surface area (TPSA) is 46.9 Å². The van der Waals surface area contributed by atoms with Crippen LogP contribution >= 0.6 is 0 Å². The van der Waals surface area contributed by atoms with E-state index in [0.717, 1.165) is 28.1 Å². The number of benzene rings is 2. The molecule has 4 heteroatoms. The predicted molar refractivity (Wildman–Crippen MR) is 96.4 cm³/mol. The first-order valence-electron chi connectivity index (χ1n) is 8.08. The number of carbonyl (C=O) groups excluding carboxylic acids is 1. The van der Waals surface area contributed by atoms with Crippen LogP contribution in [-0.4, -0.2) is 15.7 Å². The smallest absolute Gasteiger partial charge is 0.224 e. The number of carbonyl (C=O) groups is 1. The molecular formula is C20H21N3O. The molecule has 1 amide bonds. The molecule has 4 nitrogen and oxygen atoms in total. The van der Waals surface area contributed by atoms with Gasteiger partial charge in [-0.2, -0.15) is 5.10 Å². The van der Waals surface area contributed by atoms with Gasteiger partial charge in [0, 0.05) is 18.3 Å². The maximum absolute atomic E-state index is 12.2. The van der Waals surface area contributed by atoms with Crippen LogP contribution in [0.5, 0.6) is 0 Å². The molecule has 2 aromatic carbocycles. The van der Waals surface area contributed by atoms with Crippen molar-refractivity contribution in [2.24, 2.45) is 0 Å². The lowest BCUT2D eigenvalue weighted by Crippen LogP contribution is -2.13. The first kappa shape index (κ1) is 16.0. The number of nitrogens with zero attached hydrogens (tertiary/aromatic N) is 2. The van der Waals surface area contributed by atoms with E-state index in [1.54, 1.807) is 0 Å².